The first kappa shape index (κ1) is 18.5. The number of nitrogens with zero attached hydrogens (tertiary/aromatic N) is 8. The molecule has 9 heteroatoms. The van der Waals surface area contributed by atoms with E-state index in [0.29, 0.717) is 5.82 Å². The van der Waals surface area contributed by atoms with Crippen molar-refractivity contribution < 1.29 is 0 Å². The number of benzene rings is 1. The summed E-state index contributed by atoms with van der Waals surface area (Å²) < 4.78 is 1.88. The van der Waals surface area contributed by atoms with Gasteiger partial charge in [-0.25, -0.2) is 4.68 Å². The van der Waals surface area contributed by atoms with Crippen LogP contribution in [0.15, 0.2) is 35.5 Å². The minimum absolute atomic E-state index is 0.0962. The van der Waals surface area contributed by atoms with Crippen molar-refractivity contribution in [1.29, 1.82) is 0 Å². The van der Waals surface area contributed by atoms with Gasteiger partial charge in [-0.05, 0) is 49.3 Å². The van der Waals surface area contributed by atoms with E-state index in [1.165, 1.54) is 0 Å². The average Bonchev–Trinajstić information content (AvgIpc) is 3.28. The summed E-state index contributed by atoms with van der Waals surface area (Å²) >= 11 is 1.70. The van der Waals surface area contributed by atoms with Gasteiger partial charge in [0, 0.05) is 11.3 Å². The maximum atomic E-state index is 4.44. The predicted octanol–water partition coefficient (Wildman–Crippen LogP) is 3.04. The predicted molar refractivity (Wildman–Crippen MR) is 101 cm³/mol. The van der Waals surface area contributed by atoms with Crippen molar-refractivity contribution in [2.45, 2.75) is 57.3 Å². The molecule has 1 aromatic carbocycles. The first-order chi connectivity index (χ1) is 12.5. The van der Waals surface area contributed by atoms with Gasteiger partial charge in [0.1, 0.15) is 0 Å². The third-order valence-corrected chi connectivity index (χ3v) is 4.80. The molecule has 2 aromatic heterocycles. The Hall–Kier alpha value is -2.29. The van der Waals surface area contributed by atoms with E-state index >= 15 is 0 Å². The van der Waals surface area contributed by atoms with Gasteiger partial charge in [0.05, 0.1) is 12.1 Å². The Bertz CT molecular complexity index is 806. The van der Waals surface area contributed by atoms with Crippen molar-refractivity contribution >= 4 is 11.8 Å². The molecule has 0 aliphatic carbocycles. The zero-order chi connectivity index (χ0) is 18.4. The van der Waals surface area contributed by atoms with Crippen molar-refractivity contribution in [2.24, 2.45) is 0 Å². The Morgan fingerprint density at radius 1 is 0.962 bits per heavy atom. The van der Waals surface area contributed by atoms with Gasteiger partial charge in [-0.1, -0.05) is 48.5 Å². The van der Waals surface area contributed by atoms with Crippen LogP contribution in [0, 0.1) is 0 Å². The first-order valence-corrected chi connectivity index (χ1v) is 9.77. The van der Waals surface area contributed by atoms with Crippen molar-refractivity contribution in [2.75, 3.05) is 5.75 Å². The second-order valence-corrected chi connectivity index (χ2v) is 8.09. The molecule has 0 aliphatic rings. The number of aromatic nitrogens is 8. The molecule has 0 N–H and O–H groups in total. The Balaban J connectivity index is 1.38. The third kappa shape index (κ3) is 4.87. The summed E-state index contributed by atoms with van der Waals surface area (Å²) in [6.45, 7) is 7.08. The summed E-state index contributed by atoms with van der Waals surface area (Å²) in [4.78, 5) is 1.68. The van der Waals surface area contributed by atoms with E-state index in [2.05, 4.69) is 51.7 Å². The fourth-order valence-corrected chi connectivity index (χ4v) is 3.48. The number of tetrazole rings is 2. The van der Waals surface area contributed by atoms with Crippen LogP contribution < -0.4 is 0 Å². The molecule has 0 fully saturated rings. The smallest absolute Gasteiger partial charge is 0.209 e. The van der Waals surface area contributed by atoms with Crippen molar-refractivity contribution in [3.05, 3.63) is 30.3 Å². The molecule has 0 saturated carbocycles. The highest BCUT2D eigenvalue weighted by Gasteiger charge is 2.19. The molecule has 0 saturated heterocycles. The molecule has 0 bridgehead atoms. The number of thioether (sulfide) groups is 1. The highest BCUT2D eigenvalue weighted by Crippen LogP contribution is 2.22. The van der Waals surface area contributed by atoms with Gasteiger partial charge in [-0.15, -0.1) is 15.3 Å². The second kappa shape index (κ2) is 8.39. The summed E-state index contributed by atoms with van der Waals surface area (Å²) in [6.07, 6.45) is 3.23. The van der Waals surface area contributed by atoms with Gasteiger partial charge < -0.3 is 0 Å². The van der Waals surface area contributed by atoms with Gasteiger partial charge in [-0.3, -0.25) is 0 Å². The van der Waals surface area contributed by atoms with Gasteiger partial charge >= 0.3 is 0 Å². The highest BCUT2D eigenvalue weighted by molar-refractivity contribution is 7.99. The van der Waals surface area contributed by atoms with Crippen LogP contribution in [0.2, 0.25) is 0 Å². The molecule has 2 heterocycles. The molecule has 0 amide bonds. The summed E-state index contributed by atoms with van der Waals surface area (Å²) in [6, 6.07) is 9.91. The van der Waals surface area contributed by atoms with E-state index in [-0.39, 0.29) is 5.54 Å². The SMILES string of the molecule is CC(C)(C)n1nnnc1SCCCCCn1nnc(-c2ccccc2)n1. The molecule has 0 spiro atoms. The normalized spacial score (nSPS) is 11.8. The number of hydrogen-bond acceptors (Lipinski definition) is 7. The lowest BCUT2D eigenvalue weighted by Gasteiger charge is -2.19. The van der Waals surface area contributed by atoms with Gasteiger partial charge in [-0.2, -0.15) is 4.80 Å². The molecule has 0 unspecified atom stereocenters. The summed E-state index contributed by atoms with van der Waals surface area (Å²) in [5.74, 6) is 1.67. The van der Waals surface area contributed by atoms with Gasteiger partial charge in [0.25, 0.3) is 0 Å². The summed E-state index contributed by atoms with van der Waals surface area (Å²) in [5.41, 5.74) is 0.896. The topological polar surface area (TPSA) is 87.2 Å². The van der Waals surface area contributed by atoms with Crippen molar-refractivity contribution in [3.8, 4) is 11.4 Å². The zero-order valence-corrected chi connectivity index (χ0v) is 16.2. The molecule has 0 atom stereocenters. The standard InChI is InChI=1S/C17H24N8S/c1-17(2,3)25-16(19-21-23-25)26-13-9-5-8-12-24-20-15(18-22-24)14-10-6-4-7-11-14/h4,6-7,10-11H,5,8-9,12-13H2,1-3H3. The first-order valence-electron chi connectivity index (χ1n) is 8.79. The fourth-order valence-electron chi connectivity index (χ4n) is 2.43. The molecule has 0 radical (unpaired) electrons. The third-order valence-electron chi connectivity index (χ3n) is 3.79. The second-order valence-electron chi connectivity index (χ2n) is 7.03. The lowest BCUT2D eigenvalue weighted by Crippen LogP contribution is -2.24. The molecule has 3 aromatic rings. The fraction of sp³-hybridized carbons (Fsp3) is 0.529. The summed E-state index contributed by atoms with van der Waals surface area (Å²) in [7, 11) is 0. The number of rotatable bonds is 8. The van der Waals surface area contributed by atoms with Gasteiger partial charge in [0.15, 0.2) is 0 Å². The number of aryl methyl sites for hydroxylation is 1. The molecule has 26 heavy (non-hydrogen) atoms. The Kier molecular flexibility index (Phi) is 5.97. The van der Waals surface area contributed by atoms with Crippen LogP contribution >= 0.6 is 11.8 Å². The van der Waals surface area contributed by atoms with Crippen LogP contribution in [-0.4, -0.2) is 46.2 Å². The molecule has 138 valence electrons. The van der Waals surface area contributed by atoms with Crippen LogP contribution in [0.5, 0.6) is 0 Å². The minimum atomic E-state index is -0.0962. The van der Waals surface area contributed by atoms with Crippen LogP contribution in [0.25, 0.3) is 11.4 Å². The molecular formula is C17H24N8S. The zero-order valence-electron chi connectivity index (χ0n) is 15.4. The van der Waals surface area contributed by atoms with Gasteiger partial charge in [0.2, 0.25) is 11.0 Å². The quantitative estimate of drug-likeness (QED) is 0.443. The lowest BCUT2D eigenvalue weighted by molar-refractivity contribution is 0.321. The average molecular weight is 373 g/mol. The minimum Gasteiger partial charge on any atom is -0.215 e. The largest absolute Gasteiger partial charge is 0.215 e. The van der Waals surface area contributed by atoms with Crippen molar-refractivity contribution in [3.63, 3.8) is 0 Å². The van der Waals surface area contributed by atoms with E-state index < -0.39 is 0 Å². The lowest BCUT2D eigenvalue weighted by atomic mass is 10.1. The van der Waals surface area contributed by atoms with Crippen LogP contribution in [-0.2, 0) is 12.1 Å². The van der Waals surface area contributed by atoms with Crippen LogP contribution in [0.1, 0.15) is 40.0 Å². The van der Waals surface area contributed by atoms with E-state index in [1.54, 1.807) is 16.6 Å². The Morgan fingerprint density at radius 3 is 2.54 bits per heavy atom. The van der Waals surface area contributed by atoms with E-state index in [0.717, 1.165) is 42.3 Å². The van der Waals surface area contributed by atoms with Crippen LogP contribution in [0.4, 0.5) is 0 Å². The van der Waals surface area contributed by atoms with E-state index in [4.69, 9.17) is 0 Å². The van der Waals surface area contributed by atoms with E-state index in [9.17, 15) is 0 Å². The van der Waals surface area contributed by atoms with Crippen molar-refractivity contribution in [1.82, 2.24) is 40.4 Å². The van der Waals surface area contributed by atoms with E-state index in [1.807, 2.05) is 35.0 Å². The highest BCUT2D eigenvalue weighted by atomic mass is 32.2. The molecule has 0 aliphatic heterocycles. The molecular weight excluding hydrogens is 348 g/mol. The maximum Gasteiger partial charge on any atom is 0.209 e. The Morgan fingerprint density at radius 2 is 1.77 bits per heavy atom. The summed E-state index contributed by atoms with van der Waals surface area (Å²) in [5, 5.41) is 25.5. The number of hydrogen-bond donors (Lipinski definition) is 0. The molecule has 8 nitrogen and oxygen atoms in total. The number of unbranched alkanes of at least 4 members (excludes halogenated alkanes) is 2. The van der Waals surface area contributed by atoms with Crippen LogP contribution in [0.3, 0.4) is 0 Å². The Labute approximate surface area is 157 Å². The monoisotopic (exact) mass is 372 g/mol. The molecule has 3 rings (SSSR count). The maximum absolute atomic E-state index is 4.44.